The van der Waals surface area contributed by atoms with Gasteiger partial charge >= 0.3 is 0 Å². The standard InChI is InChI=1S/C18H21N3O3S/c1-11-3-4-13(16(19)22)9-21(11)18(23)15-10-25-17(20-15)12-5-7-14(24-2)8-6-12/h5-8,10-11,13H,3-4,9H2,1-2H3,(H2,19,22). The van der Waals surface area contributed by atoms with Crippen LogP contribution in [-0.4, -0.2) is 41.4 Å². The van der Waals surface area contributed by atoms with Gasteiger partial charge in [0.1, 0.15) is 16.5 Å². The van der Waals surface area contributed by atoms with Gasteiger partial charge in [-0.15, -0.1) is 11.3 Å². The van der Waals surface area contributed by atoms with E-state index in [-0.39, 0.29) is 23.8 Å². The van der Waals surface area contributed by atoms with Crippen LogP contribution in [0.4, 0.5) is 0 Å². The number of hydrogen-bond donors (Lipinski definition) is 1. The highest BCUT2D eigenvalue weighted by molar-refractivity contribution is 7.13. The number of nitrogens with two attached hydrogens (primary N) is 1. The fourth-order valence-corrected chi connectivity index (χ4v) is 3.81. The van der Waals surface area contributed by atoms with Crippen LogP contribution in [0.25, 0.3) is 10.6 Å². The van der Waals surface area contributed by atoms with Crippen LogP contribution in [0.1, 0.15) is 30.3 Å². The third kappa shape index (κ3) is 3.66. The number of thiazole rings is 1. The smallest absolute Gasteiger partial charge is 0.273 e. The molecule has 2 amide bonds. The quantitative estimate of drug-likeness (QED) is 0.909. The van der Waals surface area contributed by atoms with Gasteiger partial charge in [0, 0.05) is 23.5 Å². The first-order valence-corrected chi connectivity index (χ1v) is 9.07. The summed E-state index contributed by atoms with van der Waals surface area (Å²) in [7, 11) is 1.62. The molecule has 0 spiro atoms. The fraction of sp³-hybridized carbons (Fsp3) is 0.389. The number of methoxy groups -OCH3 is 1. The molecule has 2 atom stereocenters. The van der Waals surface area contributed by atoms with Gasteiger partial charge in [0.25, 0.3) is 5.91 Å². The molecule has 0 bridgehead atoms. The van der Waals surface area contributed by atoms with Crippen molar-refractivity contribution >= 4 is 23.2 Å². The second-order valence-electron chi connectivity index (χ2n) is 6.25. The van der Waals surface area contributed by atoms with E-state index in [4.69, 9.17) is 10.5 Å². The van der Waals surface area contributed by atoms with E-state index in [0.29, 0.717) is 12.2 Å². The van der Waals surface area contributed by atoms with E-state index < -0.39 is 0 Å². The molecular weight excluding hydrogens is 338 g/mol. The Balaban J connectivity index is 1.78. The van der Waals surface area contributed by atoms with Crippen molar-refractivity contribution in [1.82, 2.24) is 9.88 Å². The molecule has 1 fully saturated rings. The highest BCUT2D eigenvalue weighted by atomic mass is 32.1. The van der Waals surface area contributed by atoms with Crippen LogP contribution in [0.15, 0.2) is 29.6 Å². The molecule has 1 aliphatic heterocycles. The summed E-state index contributed by atoms with van der Waals surface area (Å²) in [6.07, 6.45) is 1.50. The van der Waals surface area contributed by atoms with Crippen LogP contribution in [0.3, 0.4) is 0 Å². The maximum absolute atomic E-state index is 12.8. The molecule has 7 heteroatoms. The summed E-state index contributed by atoms with van der Waals surface area (Å²) in [4.78, 5) is 30.5. The molecule has 1 saturated heterocycles. The van der Waals surface area contributed by atoms with Gasteiger partial charge in [-0.1, -0.05) is 0 Å². The summed E-state index contributed by atoms with van der Waals surface area (Å²) in [6, 6.07) is 7.64. The van der Waals surface area contributed by atoms with Crippen LogP contribution >= 0.6 is 11.3 Å². The predicted molar refractivity (Wildman–Crippen MR) is 96.5 cm³/mol. The lowest BCUT2D eigenvalue weighted by Gasteiger charge is -2.36. The zero-order valence-electron chi connectivity index (χ0n) is 14.3. The fourth-order valence-electron chi connectivity index (χ4n) is 3.01. The van der Waals surface area contributed by atoms with E-state index in [2.05, 4.69) is 4.98 Å². The molecule has 2 heterocycles. The van der Waals surface area contributed by atoms with Crippen molar-refractivity contribution in [1.29, 1.82) is 0 Å². The molecule has 3 rings (SSSR count). The Labute approximate surface area is 150 Å². The number of nitrogens with zero attached hydrogens (tertiary/aromatic N) is 2. The molecule has 2 unspecified atom stereocenters. The van der Waals surface area contributed by atoms with Crippen LogP contribution in [0.5, 0.6) is 5.75 Å². The van der Waals surface area contributed by atoms with Gasteiger partial charge in [0.05, 0.1) is 13.0 Å². The van der Waals surface area contributed by atoms with E-state index >= 15 is 0 Å². The van der Waals surface area contributed by atoms with E-state index in [1.54, 1.807) is 17.4 Å². The monoisotopic (exact) mass is 359 g/mol. The van der Waals surface area contributed by atoms with Crippen LogP contribution in [-0.2, 0) is 4.79 Å². The van der Waals surface area contributed by atoms with Crippen molar-refractivity contribution in [3.8, 4) is 16.3 Å². The zero-order valence-corrected chi connectivity index (χ0v) is 15.1. The molecule has 1 aromatic heterocycles. The molecule has 0 saturated carbocycles. The van der Waals surface area contributed by atoms with Crippen molar-refractivity contribution < 1.29 is 14.3 Å². The molecule has 6 nitrogen and oxygen atoms in total. The number of amides is 2. The van der Waals surface area contributed by atoms with Gasteiger partial charge in [-0.25, -0.2) is 4.98 Å². The molecule has 0 radical (unpaired) electrons. The van der Waals surface area contributed by atoms with Crippen LogP contribution in [0.2, 0.25) is 0 Å². The van der Waals surface area contributed by atoms with Gasteiger partial charge in [-0.3, -0.25) is 9.59 Å². The van der Waals surface area contributed by atoms with Crippen LogP contribution < -0.4 is 10.5 Å². The number of primary amides is 1. The molecule has 1 aliphatic rings. The number of rotatable bonds is 4. The van der Waals surface area contributed by atoms with Crippen molar-refractivity contribution in [3.63, 3.8) is 0 Å². The van der Waals surface area contributed by atoms with Gasteiger partial charge in [-0.05, 0) is 44.0 Å². The molecular formula is C18H21N3O3S. The lowest BCUT2D eigenvalue weighted by molar-refractivity contribution is -0.123. The lowest BCUT2D eigenvalue weighted by atomic mass is 9.93. The SMILES string of the molecule is COc1ccc(-c2nc(C(=O)N3CC(C(N)=O)CCC3C)cs2)cc1. The topological polar surface area (TPSA) is 85.5 Å². The molecule has 2 aromatic rings. The Bertz CT molecular complexity index is 772. The van der Waals surface area contributed by atoms with E-state index in [9.17, 15) is 9.59 Å². The Hall–Kier alpha value is -2.41. The third-order valence-corrected chi connectivity index (χ3v) is 5.50. The summed E-state index contributed by atoms with van der Waals surface area (Å²) in [5.41, 5.74) is 6.76. The van der Waals surface area contributed by atoms with Gasteiger partial charge in [0.15, 0.2) is 0 Å². The minimum absolute atomic E-state index is 0.0780. The average molecular weight is 359 g/mol. The molecule has 0 aliphatic carbocycles. The summed E-state index contributed by atoms with van der Waals surface area (Å²) in [5, 5.41) is 2.55. The van der Waals surface area contributed by atoms with Gasteiger partial charge in [0.2, 0.25) is 5.91 Å². The summed E-state index contributed by atoms with van der Waals surface area (Å²) in [6.45, 7) is 2.36. The Morgan fingerprint density at radius 2 is 2.00 bits per heavy atom. The van der Waals surface area contributed by atoms with Gasteiger partial charge < -0.3 is 15.4 Å². The number of aromatic nitrogens is 1. The molecule has 1 aromatic carbocycles. The molecule has 2 N–H and O–H groups in total. The van der Waals surface area contributed by atoms with Crippen LogP contribution in [0, 0.1) is 5.92 Å². The van der Waals surface area contributed by atoms with E-state index in [1.807, 2.05) is 31.2 Å². The average Bonchev–Trinajstić information content (AvgIpc) is 3.11. The minimum Gasteiger partial charge on any atom is -0.497 e. The first-order valence-electron chi connectivity index (χ1n) is 8.20. The lowest BCUT2D eigenvalue weighted by Crippen LogP contribution is -2.48. The maximum Gasteiger partial charge on any atom is 0.273 e. The number of likely N-dealkylation sites (tertiary alicyclic amines) is 1. The Morgan fingerprint density at radius 1 is 1.28 bits per heavy atom. The Morgan fingerprint density at radius 3 is 2.64 bits per heavy atom. The molecule has 25 heavy (non-hydrogen) atoms. The maximum atomic E-state index is 12.8. The van der Waals surface area contributed by atoms with Crippen molar-refractivity contribution in [2.24, 2.45) is 11.7 Å². The molecule has 132 valence electrons. The Kier molecular flexibility index (Phi) is 5.03. The number of carbonyl (C=O) groups excluding carboxylic acids is 2. The second kappa shape index (κ2) is 7.23. The summed E-state index contributed by atoms with van der Waals surface area (Å²) >= 11 is 1.43. The third-order valence-electron chi connectivity index (χ3n) is 4.61. The van der Waals surface area contributed by atoms with Gasteiger partial charge in [-0.2, -0.15) is 0 Å². The first kappa shape index (κ1) is 17.4. The highest BCUT2D eigenvalue weighted by Gasteiger charge is 2.33. The normalized spacial score (nSPS) is 20.3. The largest absolute Gasteiger partial charge is 0.497 e. The number of carbonyl (C=O) groups is 2. The highest BCUT2D eigenvalue weighted by Crippen LogP contribution is 2.28. The summed E-state index contributed by atoms with van der Waals surface area (Å²) in [5.74, 6) is 0.00690. The second-order valence-corrected chi connectivity index (χ2v) is 7.11. The number of ether oxygens (including phenoxy) is 1. The zero-order chi connectivity index (χ0) is 18.0. The van der Waals surface area contributed by atoms with Crippen molar-refractivity contribution in [3.05, 3.63) is 35.3 Å². The predicted octanol–water partition coefficient (Wildman–Crippen LogP) is 2.54. The van der Waals surface area contributed by atoms with Crippen molar-refractivity contribution in [2.75, 3.05) is 13.7 Å². The first-order chi connectivity index (χ1) is 12.0. The summed E-state index contributed by atoms with van der Waals surface area (Å²) < 4.78 is 5.15. The number of benzene rings is 1. The minimum atomic E-state index is -0.345. The number of piperidine rings is 1. The van der Waals surface area contributed by atoms with Crippen molar-refractivity contribution in [2.45, 2.75) is 25.8 Å². The number of hydrogen-bond acceptors (Lipinski definition) is 5. The van der Waals surface area contributed by atoms with E-state index in [1.165, 1.54) is 11.3 Å². The van der Waals surface area contributed by atoms with E-state index in [0.717, 1.165) is 29.2 Å².